The summed E-state index contributed by atoms with van der Waals surface area (Å²) in [7, 11) is 0. The van der Waals surface area contributed by atoms with Gasteiger partial charge in [-0.05, 0) is 19.1 Å². The molecule has 1 atom stereocenters. The van der Waals surface area contributed by atoms with Crippen LogP contribution in [0.15, 0.2) is 0 Å². The van der Waals surface area contributed by atoms with E-state index in [-0.39, 0.29) is 12.5 Å². The molecule has 0 aromatic rings. The van der Waals surface area contributed by atoms with Crippen molar-refractivity contribution in [3.05, 3.63) is 0 Å². The van der Waals surface area contributed by atoms with Crippen LogP contribution in [0.1, 0.15) is 104 Å². The zero-order valence-electron chi connectivity index (χ0n) is 16.5. The van der Waals surface area contributed by atoms with Crippen LogP contribution in [0.2, 0.25) is 0 Å². The summed E-state index contributed by atoms with van der Waals surface area (Å²) < 4.78 is 0. The Bertz CT molecular complexity index is 292. The molecule has 0 spiro atoms. The molecular weight excluding hydrogens is 312 g/mol. The molecule has 0 aliphatic carbocycles. The molecule has 24 heavy (non-hydrogen) atoms. The Morgan fingerprint density at radius 1 is 0.750 bits per heavy atom. The van der Waals surface area contributed by atoms with E-state index < -0.39 is 0 Å². The van der Waals surface area contributed by atoms with Gasteiger partial charge in [0.2, 0.25) is 0 Å². The maximum atomic E-state index is 9.17. The Balaban J connectivity index is 3.11. The predicted molar refractivity (Wildman–Crippen MR) is 112 cm³/mol. The van der Waals surface area contributed by atoms with Crippen molar-refractivity contribution >= 4 is 11.8 Å². The molecule has 0 aromatic heterocycles. The van der Waals surface area contributed by atoms with Crippen molar-refractivity contribution in [1.29, 1.82) is 0 Å². The van der Waals surface area contributed by atoms with Gasteiger partial charge in [0.15, 0.2) is 0 Å². The highest BCUT2D eigenvalue weighted by molar-refractivity contribution is 7.99. The van der Waals surface area contributed by atoms with E-state index in [1.165, 1.54) is 95.6 Å². The van der Waals surface area contributed by atoms with Gasteiger partial charge >= 0.3 is 0 Å². The second kappa shape index (κ2) is 20.9. The molecule has 0 bridgehead atoms. The SMILES string of the molecule is CC#CC(CO)CSCCCCCCCCCCCCCCCC. The Morgan fingerprint density at radius 2 is 1.21 bits per heavy atom. The predicted octanol–water partition coefficient (Wildman–Crippen LogP) is 6.83. The van der Waals surface area contributed by atoms with E-state index in [4.69, 9.17) is 5.11 Å². The van der Waals surface area contributed by atoms with Crippen LogP contribution in [-0.2, 0) is 0 Å². The first-order chi connectivity index (χ1) is 11.8. The average Bonchev–Trinajstić information content (AvgIpc) is 2.60. The average molecular weight is 355 g/mol. The topological polar surface area (TPSA) is 20.2 Å². The zero-order chi connectivity index (χ0) is 17.7. The van der Waals surface area contributed by atoms with Gasteiger partial charge in [-0.1, -0.05) is 96.3 Å². The summed E-state index contributed by atoms with van der Waals surface area (Å²) in [5, 5.41) is 9.17. The fraction of sp³-hybridized carbons (Fsp3) is 0.909. The lowest BCUT2D eigenvalue weighted by Crippen LogP contribution is -2.06. The Kier molecular flexibility index (Phi) is 20.8. The van der Waals surface area contributed by atoms with E-state index in [9.17, 15) is 0 Å². The van der Waals surface area contributed by atoms with Gasteiger partial charge in [0, 0.05) is 5.75 Å². The van der Waals surface area contributed by atoms with Crippen LogP contribution >= 0.6 is 11.8 Å². The molecule has 1 unspecified atom stereocenters. The quantitative estimate of drug-likeness (QED) is 0.215. The van der Waals surface area contributed by atoms with Gasteiger partial charge in [-0.2, -0.15) is 11.8 Å². The molecule has 2 heteroatoms. The number of unbranched alkanes of at least 4 members (excludes halogenated alkanes) is 13. The molecule has 0 aliphatic rings. The van der Waals surface area contributed by atoms with E-state index in [2.05, 4.69) is 18.8 Å². The van der Waals surface area contributed by atoms with Crippen molar-refractivity contribution in [2.24, 2.45) is 5.92 Å². The monoisotopic (exact) mass is 354 g/mol. The van der Waals surface area contributed by atoms with Crippen LogP contribution in [0.25, 0.3) is 0 Å². The maximum absolute atomic E-state index is 9.17. The highest BCUT2D eigenvalue weighted by atomic mass is 32.2. The standard InChI is InChI=1S/C22H42OS/c1-3-5-6-7-8-9-10-11-12-13-14-15-16-17-19-24-21-22(20-23)18-4-2/h22-23H,3,5-17,19-21H2,1-2H3. The second-order valence-electron chi connectivity index (χ2n) is 6.94. The Morgan fingerprint density at radius 3 is 1.62 bits per heavy atom. The lowest BCUT2D eigenvalue weighted by atomic mass is 10.0. The number of hydrogen-bond donors (Lipinski definition) is 1. The van der Waals surface area contributed by atoms with E-state index >= 15 is 0 Å². The highest BCUT2D eigenvalue weighted by Gasteiger charge is 2.02. The summed E-state index contributed by atoms with van der Waals surface area (Å²) in [6, 6.07) is 0. The number of rotatable bonds is 18. The van der Waals surface area contributed by atoms with Crippen LogP contribution in [0.3, 0.4) is 0 Å². The third kappa shape index (κ3) is 18.2. The van der Waals surface area contributed by atoms with E-state index in [1.54, 1.807) is 0 Å². The van der Waals surface area contributed by atoms with Crippen molar-refractivity contribution in [1.82, 2.24) is 0 Å². The molecule has 0 amide bonds. The fourth-order valence-electron chi connectivity index (χ4n) is 2.97. The zero-order valence-corrected chi connectivity index (χ0v) is 17.3. The first-order valence-corrected chi connectivity index (χ1v) is 11.6. The van der Waals surface area contributed by atoms with Crippen LogP contribution in [0, 0.1) is 17.8 Å². The first kappa shape index (κ1) is 23.9. The molecule has 0 saturated carbocycles. The molecule has 1 nitrogen and oxygen atoms in total. The maximum Gasteiger partial charge on any atom is 0.0576 e. The lowest BCUT2D eigenvalue weighted by Gasteiger charge is -2.06. The fourth-order valence-corrected chi connectivity index (χ4v) is 4.02. The first-order valence-electron chi connectivity index (χ1n) is 10.5. The summed E-state index contributed by atoms with van der Waals surface area (Å²) in [6.45, 7) is 4.34. The molecule has 142 valence electrons. The Labute approximate surface area is 156 Å². The van der Waals surface area contributed by atoms with Crippen molar-refractivity contribution < 1.29 is 5.11 Å². The van der Waals surface area contributed by atoms with Gasteiger partial charge < -0.3 is 5.11 Å². The minimum absolute atomic E-state index is 0.173. The summed E-state index contributed by atoms with van der Waals surface area (Å²) >= 11 is 1.95. The van der Waals surface area contributed by atoms with E-state index in [0.717, 1.165) is 5.75 Å². The number of thioether (sulfide) groups is 1. The van der Waals surface area contributed by atoms with Crippen molar-refractivity contribution in [3.8, 4) is 11.8 Å². The van der Waals surface area contributed by atoms with Gasteiger partial charge in [0.05, 0.1) is 12.5 Å². The van der Waals surface area contributed by atoms with Crippen molar-refractivity contribution in [2.75, 3.05) is 18.1 Å². The molecule has 0 aromatic carbocycles. The van der Waals surface area contributed by atoms with Crippen LogP contribution in [0.5, 0.6) is 0 Å². The van der Waals surface area contributed by atoms with Gasteiger partial charge in [0.1, 0.15) is 0 Å². The van der Waals surface area contributed by atoms with Gasteiger partial charge in [-0.25, -0.2) is 0 Å². The van der Waals surface area contributed by atoms with Crippen LogP contribution in [0.4, 0.5) is 0 Å². The van der Waals surface area contributed by atoms with Crippen molar-refractivity contribution in [2.45, 2.75) is 104 Å². The molecular formula is C22H42OS. The normalized spacial score (nSPS) is 12.0. The molecule has 0 rings (SSSR count). The van der Waals surface area contributed by atoms with E-state index in [0.29, 0.717) is 0 Å². The number of aliphatic hydroxyl groups is 1. The molecule has 0 heterocycles. The minimum atomic E-state index is 0.173. The number of hydrogen-bond acceptors (Lipinski definition) is 2. The van der Waals surface area contributed by atoms with E-state index in [1.807, 2.05) is 18.7 Å². The van der Waals surface area contributed by atoms with Crippen molar-refractivity contribution in [3.63, 3.8) is 0 Å². The van der Waals surface area contributed by atoms with Crippen LogP contribution < -0.4 is 0 Å². The van der Waals surface area contributed by atoms with Gasteiger partial charge in [-0.15, -0.1) is 5.92 Å². The molecule has 0 radical (unpaired) electrons. The second-order valence-corrected chi connectivity index (χ2v) is 8.09. The summed E-state index contributed by atoms with van der Waals surface area (Å²) in [6.07, 6.45) is 19.9. The minimum Gasteiger partial charge on any atom is -0.395 e. The summed E-state index contributed by atoms with van der Waals surface area (Å²) in [5.74, 6) is 8.34. The van der Waals surface area contributed by atoms with Gasteiger partial charge in [0.25, 0.3) is 0 Å². The lowest BCUT2D eigenvalue weighted by molar-refractivity contribution is 0.268. The van der Waals surface area contributed by atoms with Crippen LogP contribution in [-0.4, -0.2) is 23.2 Å². The molecule has 1 N–H and O–H groups in total. The number of aliphatic hydroxyl groups excluding tert-OH is 1. The Hall–Kier alpha value is -0.130. The largest absolute Gasteiger partial charge is 0.395 e. The molecule has 0 aliphatic heterocycles. The molecule has 0 saturated heterocycles. The molecule has 0 fully saturated rings. The summed E-state index contributed by atoms with van der Waals surface area (Å²) in [5.41, 5.74) is 0. The smallest absolute Gasteiger partial charge is 0.0576 e. The van der Waals surface area contributed by atoms with Gasteiger partial charge in [-0.3, -0.25) is 0 Å². The highest BCUT2D eigenvalue weighted by Crippen LogP contribution is 2.15. The third-order valence-electron chi connectivity index (χ3n) is 4.53. The third-order valence-corrected chi connectivity index (χ3v) is 5.75. The summed E-state index contributed by atoms with van der Waals surface area (Å²) in [4.78, 5) is 0.